The maximum atomic E-state index is 6.43. The second-order valence-corrected chi connectivity index (χ2v) is 12.7. The molecule has 3 aromatic heterocycles. The van der Waals surface area contributed by atoms with Crippen LogP contribution >= 0.6 is 0 Å². The van der Waals surface area contributed by atoms with Gasteiger partial charge in [-0.3, -0.25) is 0 Å². The van der Waals surface area contributed by atoms with Crippen molar-refractivity contribution in [2.45, 2.75) is 0 Å². The molecule has 0 aliphatic heterocycles. The Bertz CT molecular complexity index is 2860. The molecule has 0 fully saturated rings. The average molecular weight is 669 g/mol. The van der Waals surface area contributed by atoms with Gasteiger partial charge in [0.25, 0.3) is 0 Å². The summed E-state index contributed by atoms with van der Waals surface area (Å²) in [6.45, 7) is 0. The molecule has 0 radical (unpaired) electrons. The quantitative estimate of drug-likeness (QED) is 0.175. The Morgan fingerprint density at radius 3 is 1.44 bits per heavy atom. The van der Waals surface area contributed by atoms with Crippen LogP contribution in [0.1, 0.15) is 0 Å². The lowest BCUT2D eigenvalue weighted by atomic mass is 10.0. The monoisotopic (exact) mass is 668 g/mol. The lowest BCUT2D eigenvalue weighted by Gasteiger charge is -2.10. The third-order valence-electron chi connectivity index (χ3n) is 9.40. The van der Waals surface area contributed by atoms with E-state index in [1.807, 2.05) is 109 Å². The van der Waals surface area contributed by atoms with Gasteiger partial charge in [0.15, 0.2) is 23.1 Å². The largest absolute Gasteiger partial charge is 0.456 e. The standard InChI is InChI=1S/C46H28N4O2/c1-4-11-29(12-5-1)31-19-23-34(24-20-31)44-48-43(33-15-8-3-9-16-33)49-45(50-44)36-17-10-18-39-42(36)37-27-38-41(28-40(37)51-39)52-46(47-38)35-25-21-32(22-26-35)30-13-6-2-7-14-30/h1-28H. The third-order valence-corrected chi connectivity index (χ3v) is 9.40. The molecule has 0 aliphatic rings. The van der Waals surface area contributed by atoms with Crippen LogP contribution in [0.4, 0.5) is 0 Å². The highest BCUT2D eigenvalue weighted by atomic mass is 16.4. The number of nitrogens with zero attached hydrogens (tertiary/aromatic N) is 4. The summed E-state index contributed by atoms with van der Waals surface area (Å²) in [5.41, 5.74) is 11.0. The molecule has 10 rings (SSSR count). The van der Waals surface area contributed by atoms with E-state index in [0.717, 1.165) is 66.4 Å². The Morgan fingerprint density at radius 2 is 0.827 bits per heavy atom. The topological polar surface area (TPSA) is 77.8 Å². The van der Waals surface area contributed by atoms with E-state index in [1.54, 1.807) is 0 Å². The molecule has 0 aliphatic carbocycles. The van der Waals surface area contributed by atoms with Crippen molar-refractivity contribution in [2.24, 2.45) is 0 Å². The third kappa shape index (κ3) is 5.30. The number of hydrogen-bond acceptors (Lipinski definition) is 6. The fourth-order valence-electron chi connectivity index (χ4n) is 6.78. The van der Waals surface area contributed by atoms with Crippen molar-refractivity contribution in [2.75, 3.05) is 0 Å². The van der Waals surface area contributed by atoms with Gasteiger partial charge >= 0.3 is 0 Å². The van der Waals surface area contributed by atoms with Crippen LogP contribution in [0.3, 0.4) is 0 Å². The summed E-state index contributed by atoms with van der Waals surface area (Å²) in [7, 11) is 0. The summed E-state index contributed by atoms with van der Waals surface area (Å²) >= 11 is 0. The first-order valence-electron chi connectivity index (χ1n) is 17.1. The number of rotatable bonds is 6. The van der Waals surface area contributed by atoms with E-state index >= 15 is 0 Å². The molecule has 0 bridgehead atoms. The van der Waals surface area contributed by atoms with Crippen molar-refractivity contribution in [3.8, 4) is 67.9 Å². The van der Waals surface area contributed by atoms with Gasteiger partial charge in [-0.05, 0) is 46.5 Å². The van der Waals surface area contributed by atoms with Crippen molar-refractivity contribution in [3.05, 3.63) is 170 Å². The average Bonchev–Trinajstić information content (AvgIpc) is 3.81. The highest BCUT2D eigenvalue weighted by Gasteiger charge is 2.20. The first kappa shape index (κ1) is 29.7. The van der Waals surface area contributed by atoms with E-state index in [4.69, 9.17) is 28.8 Å². The Labute approximate surface area is 298 Å². The van der Waals surface area contributed by atoms with Gasteiger partial charge in [-0.2, -0.15) is 0 Å². The lowest BCUT2D eigenvalue weighted by Crippen LogP contribution is -2.00. The molecular weight excluding hydrogens is 641 g/mol. The minimum absolute atomic E-state index is 0.555. The fourth-order valence-corrected chi connectivity index (χ4v) is 6.78. The lowest BCUT2D eigenvalue weighted by molar-refractivity contribution is 0.617. The molecule has 7 aromatic carbocycles. The van der Waals surface area contributed by atoms with Crippen LogP contribution in [0.5, 0.6) is 0 Å². The van der Waals surface area contributed by atoms with Crippen molar-refractivity contribution in [3.63, 3.8) is 0 Å². The minimum Gasteiger partial charge on any atom is -0.456 e. The predicted molar refractivity (Wildman–Crippen MR) is 207 cm³/mol. The SMILES string of the molecule is c1ccc(-c2ccc(-c3nc(-c4ccccc4)nc(-c4cccc5oc6cc7oc(-c8ccc(-c9ccccc9)cc8)nc7cc6c45)n3)cc2)cc1. The van der Waals surface area contributed by atoms with Gasteiger partial charge in [0.1, 0.15) is 16.7 Å². The molecule has 0 amide bonds. The van der Waals surface area contributed by atoms with E-state index in [1.165, 1.54) is 0 Å². The van der Waals surface area contributed by atoms with Crippen LogP contribution in [0, 0.1) is 0 Å². The zero-order valence-electron chi connectivity index (χ0n) is 27.8. The van der Waals surface area contributed by atoms with E-state index in [9.17, 15) is 0 Å². The fraction of sp³-hybridized carbons (Fsp3) is 0. The molecule has 3 heterocycles. The highest BCUT2D eigenvalue weighted by molar-refractivity contribution is 6.14. The van der Waals surface area contributed by atoms with Crippen molar-refractivity contribution in [1.29, 1.82) is 0 Å². The van der Waals surface area contributed by atoms with Gasteiger partial charge < -0.3 is 8.83 Å². The van der Waals surface area contributed by atoms with E-state index < -0.39 is 0 Å². The van der Waals surface area contributed by atoms with Gasteiger partial charge in [0.2, 0.25) is 5.89 Å². The summed E-state index contributed by atoms with van der Waals surface area (Å²) < 4.78 is 12.7. The molecule has 0 atom stereocenters. The Hall–Kier alpha value is -7.18. The molecule has 6 nitrogen and oxygen atoms in total. The molecular formula is C46H28N4O2. The molecule has 52 heavy (non-hydrogen) atoms. The molecule has 6 heteroatoms. The first-order chi connectivity index (χ1) is 25.7. The molecule has 0 N–H and O–H groups in total. The van der Waals surface area contributed by atoms with Crippen LogP contribution in [0.25, 0.3) is 101 Å². The Kier molecular flexibility index (Phi) is 7.03. The number of benzene rings is 7. The number of hydrogen-bond donors (Lipinski definition) is 0. The summed E-state index contributed by atoms with van der Waals surface area (Å²) in [5, 5.41) is 1.82. The molecule has 244 valence electrons. The number of fused-ring (bicyclic) bond motifs is 4. The van der Waals surface area contributed by atoms with E-state index in [-0.39, 0.29) is 0 Å². The van der Waals surface area contributed by atoms with Crippen molar-refractivity contribution in [1.82, 2.24) is 19.9 Å². The van der Waals surface area contributed by atoms with Gasteiger partial charge in [-0.15, -0.1) is 0 Å². The minimum atomic E-state index is 0.555. The van der Waals surface area contributed by atoms with E-state index in [0.29, 0.717) is 34.5 Å². The summed E-state index contributed by atoms with van der Waals surface area (Å²) in [6.07, 6.45) is 0. The second kappa shape index (κ2) is 12.3. The summed E-state index contributed by atoms with van der Waals surface area (Å²) in [5.74, 6) is 2.30. The Balaban J connectivity index is 1.09. The molecule has 0 saturated heterocycles. The van der Waals surface area contributed by atoms with Crippen molar-refractivity contribution >= 4 is 33.0 Å². The van der Waals surface area contributed by atoms with Gasteiger partial charge in [-0.1, -0.05) is 140 Å². The second-order valence-electron chi connectivity index (χ2n) is 12.7. The molecule has 0 saturated carbocycles. The number of aromatic nitrogens is 4. The van der Waals surface area contributed by atoms with Crippen LogP contribution in [0.15, 0.2) is 179 Å². The van der Waals surface area contributed by atoms with Gasteiger partial charge in [-0.25, -0.2) is 19.9 Å². The Morgan fingerprint density at radius 1 is 0.327 bits per heavy atom. The van der Waals surface area contributed by atoms with E-state index in [2.05, 4.69) is 60.7 Å². The van der Waals surface area contributed by atoms with Crippen LogP contribution in [-0.2, 0) is 0 Å². The normalized spacial score (nSPS) is 11.5. The van der Waals surface area contributed by atoms with Gasteiger partial charge in [0.05, 0.1) is 0 Å². The summed E-state index contributed by atoms with van der Waals surface area (Å²) in [4.78, 5) is 20.0. The van der Waals surface area contributed by atoms with Crippen LogP contribution in [-0.4, -0.2) is 19.9 Å². The van der Waals surface area contributed by atoms with Gasteiger partial charge in [0, 0.05) is 39.1 Å². The highest BCUT2D eigenvalue weighted by Crippen LogP contribution is 2.39. The smallest absolute Gasteiger partial charge is 0.227 e. The first-order valence-corrected chi connectivity index (χ1v) is 17.1. The van der Waals surface area contributed by atoms with Crippen LogP contribution < -0.4 is 0 Å². The molecule has 0 spiro atoms. The molecule has 10 aromatic rings. The predicted octanol–water partition coefficient (Wildman–Crippen LogP) is 11.9. The zero-order chi connectivity index (χ0) is 34.4. The molecule has 0 unspecified atom stereocenters. The number of oxazole rings is 1. The zero-order valence-corrected chi connectivity index (χ0v) is 27.8. The maximum Gasteiger partial charge on any atom is 0.227 e. The van der Waals surface area contributed by atoms with Crippen molar-refractivity contribution < 1.29 is 8.83 Å². The summed E-state index contributed by atoms with van der Waals surface area (Å²) in [6, 6.07) is 57.2. The maximum absolute atomic E-state index is 6.43. The number of furan rings is 1. The van der Waals surface area contributed by atoms with Crippen LogP contribution in [0.2, 0.25) is 0 Å².